The number of carboxylic acid groups (broad SMARTS) is 1. The van der Waals surface area contributed by atoms with Crippen LogP contribution in [-0.4, -0.2) is 28.5 Å². The van der Waals surface area contributed by atoms with Crippen LogP contribution in [0.1, 0.15) is 53.1 Å². The summed E-state index contributed by atoms with van der Waals surface area (Å²) in [4.78, 5) is 15.2. The van der Waals surface area contributed by atoms with Gasteiger partial charge in [-0.2, -0.15) is 13.2 Å². The van der Waals surface area contributed by atoms with Gasteiger partial charge >= 0.3 is 12.1 Å². The number of carboxylic acids is 1. The molecule has 4 aromatic rings. The third kappa shape index (κ3) is 4.83. The molecule has 0 atom stereocenters. The molecule has 35 heavy (non-hydrogen) atoms. The molecule has 0 fully saturated rings. The predicted molar refractivity (Wildman–Crippen MR) is 127 cm³/mol. The average Bonchev–Trinajstić information content (AvgIpc) is 3.37. The number of rotatable bonds is 5. The van der Waals surface area contributed by atoms with Crippen molar-refractivity contribution in [3.8, 4) is 0 Å². The van der Waals surface area contributed by atoms with Crippen LogP contribution in [0, 0.1) is 0 Å². The van der Waals surface area contributed by atoms with Crippen molar-refractivity contribution < 1.29 is 31.5 Å². The van der Waals surface area contributed by atoms with Gasteiger partial charge in [-0.25, -0.2) is 22.2 Å². The van der Waals surface area contributed by atoms with E-state index in [0.29, 0.717) is 5.01 Å². The van der Waals surface area contributed by atoms with Crippen LogP contribution in [0.2, 0.25) is 0 Å². The highest BCUT2D eigenvalue weighted by molar-refractivity contribution is 7.90. The number of aromatic carboxylic acids is 1. The standard InChI is InChI=1S/C24H21F3N2O4S2/c1-23(2,3)15-5-4-6-18(11-15)35(32,33)29-17(12-21-28-19(13-34-21)22(30)31)10-14-9-16(24(25,26)27)7-8-20(14)29/h4-11,13H,12H2,1-3H3,(H,30,31). The third-order valence-electron chi connectivity index (χ3n) is 5.50. The first-order valence-corrected chi connectivity index (χ1v) is 12.8. The topological polar surface area (TPSA) is 89.3 Å². The number of nitrogens with zero attached hydrogens (tertiary/aromatic N) is 2. The van der Waals surface area contributed by atoms with E-state index >= 15 is 0 Å². The second kappa shape index (κ2) is 8.49. The first-order valence-electron chi connectivity index (χ1n) is 10.4. The summed E-state index contributed by atoms with van der Waals surface area (Å²) in [7, 11) is -4.22. The molecule has 0 unspecified atom stereocenters. The molecule has 0 radical (unpaired) electrons. The summed E-state index contributed by atoms with van der Waals surface area (Å²) in [5.74, 6) is -1.23. The van der Waals surface area contributed by atoms with Crippen LogP contribution in [0.15, 0.2) is 58.8 Å². The average molecular weight is 523 g/mol. The van der Waals surface area contributed by atoms with E-state index in [1.54, 1.807) is 12.1 Å². The van der Waals surface area contributed by atoms with Crippen LogP contribution >= 0.6 is 11.3 Å². The van der Waals surface area contributed by atoms with E-state index in [0.717, 1.165) is 39.1 Å². The fourth-order valence-corrected chi connectivity index (χ4v) is 6.08. The van der Waals surface area contributed by atoms with Crippen LogP contribution in [0.25, 0.3) is 10.9 Å². The molecule has 0 aliphatic heterocycles. The zero-order chi connectivity index (χ0) is 25.8. The van der Waals surface area contributed by atoms with E-state index < -0.39 is 27.7 Å². The summed E-state index contributed by atoms with van der Waals surface area (Å²) in [6.45, 7) is 5.82. The Labute approximate surface area is 203 Å². The molecule has 2 aromatic heterocycles. The normalized spacial score (nSPS) is 12.9. The molecule has 2 aromatic carbocycles. The Kier molecular flexibility index (Phi) is 6.05. The molecule has 0 bridgehead atoms. The van der Waals surface area contributed by atoms with Crippen molar-refractivity contribution in [2.24, 2.45) is 0 Å². The van der Waals surface area contributed by atoms with Crippen LogP contribution in [0.4, 0.5) is 13.2 Å². The number of halogens is 3. The van der Waals surface area contributed by atoms with E-state index in [-0.39, 0.29) is 39.0 Å². The van der Waals surface area contributed by atoms with Gasteiger partial charge in [-0.15, -0.1) is 11.3 Å². The molecule has 4 rings (SSSR count). The van der Waals surface area contributed by atoms with Gasteiger partial charge in [-0.1, -0.05) is 32.9 Å². The van der Waals surface area contributed by atoms with E-state index in [4.69, 9.17) is 5.11 Å². The first kappa shape index (κ1) is 24.9. The van der Waals surface area contributed by atoms with Gasteiger partial charge in [0.2, 0.25) is 0 Å². The number of aromatic nitrogens is 2. The minimum atomic E-state index is -4.60. The number of fused-ring (bicyclic) bond motifs is 1. The number of alkyl halides is 3. The minimum Gasteiger partial charge on any atom is -0.476 e. The number of thiazole rings is 1. The highest BCUT2D eigenvalue weighted by Crippen LogP contribution is 2.35. The lowest BCUT2D eigenvalue weighted by Gasteiger charge is -2.20. The van der Waals surface area contributed by atoms with Crippen molar-refractivity contribution in [3.05, 3.63) is 81.4 Å². The SMILES string of the molecule is CC(C)(C)c1cccc(S(=O)(=O)n2c(Cc3nc(C(=O)O)cs3)cc3cc(C(F)(F)F)ccc32)c1. The highest BCUT2D eigenvalue weighted by atomic mass is 32.2. The lowest BCUT2D eigenvalue weighted by atomic mass is 9.87. The molecule has 0 aliphatic carbocycles. The molecule has 0 aliphatic rings. The van der Waals surface area contributed by atoms with Crippen LogP contribution in [-0.2, 0) is 28.0 Å². The van der Waals surface area contributed by atoms with Gasteiger partial charge in [-0.3, -0.25) is 0 Å². The van der Waals surface area contributed by atoms with Crippen molar-refractivity contribution in [2.45, 2.75) is 43.7 Å². The lowest BCUT2D eigenvalue weighted by molar-refractivity contribution is -0.137. The van der Waals surface area contributed by atoms with Gasteiger partial charge in [0.25, 0.3) is 10.0 Å². The van der Waals surface area contributed by atoms with E-state index in [2.05, 4.69) is 4.98 Å². The predicted octanol–water partition coefficient (Wildman–Crippen LogP) is 5.94. The molecular formula is C24H21F3N2O4S2. The third-order valence-corrected chi connectivity index (χ3v) is 8.11. The number of benzene rings is 2. The Morgan fingerprint density at radius 3 is 2.37 bits per heavy atom. The molecule has 0 saturated carbocycles. The van der Waals surface area contributed by atoms with Gasteiger partial charge in [0.1, 0.15) is 0 Å². The fourth-order valence-electron chi connectivity index (χ4n) is 3.70. The second-order valence-electron chi connectivity index (χ2n) is 9.06. The monoisotopic (exact) mass is 522 g/mol. The summed E-state index contributed by atoms with van der Waals surface area (Å²) >= 11 is 1.03. The summed E-state index contributed by atoms with van der Waals surface area (Å²) in [5.41, 5.74) is -0.378. The maximum absolute atomic E-state index is 13.8. The van der Waals surface area contributed by atoms with Crippen LogP contribution < -0.4 is 0 Å². The Hall–Kier alpha value is -3.18. The van der Waals surface area contributed by atoms with Gasteiger partial charge in [0.15, 0.2) is 5.69 Å². The fraction of sp³-hybridized carbons (Fsp3) is 0.250. The minimum absolute atomic E-state index is 0.00561. The summed E-state index contributed by atoms with van der Waals surface area (Å²) in [5, 5.41) is 10.9. The Morgan fingerprint density at radius 1 is 1.06 bits per heavy atom. The maximum atomic E-state index is 13.8. The zero-order valence-electron chi connectivity index (χ0n) is 18.9. The van der Waals surface area contributed by atoms with Crippen molar-refractivity contribution in [3.63, 3.8) is 0 Å². The largest absolute Gasteiger partial charge is 0.476 e. The summed E-state index contributed by atoms with van der Waals surface area (Å²) in [6, 6.07) is 10.7. The lowest BCUT2D eigenvalue weighted by Crippen LogP contribution is -2.18. The van der Waals surface area contributed by atoms with Gasteiger partial charge in [-0.05, 0) is 47.4 Å². The maximum Gasteiger partial charge on any atom is 0.416 e. The molecule has 0 spiro atoms. The van der Waals surface area contributed by atoms with Crippen molar-refractivity contribution in [2.75, 3.05) is 0 Å². The Balaban J connectivity index is 1.93. The summed E-state index contributed by atoms with van der Waals surface area (Å²) in [6.07, 6.45) is -4.67. The van der Waals surface area contributed by atoms with Gasteiger partial charge in [0, 0.05) is 22.9 Å². The van der Waals surface area contributed by atoms with Crippen molar-refractivity contribution >= 4 is 38.2 Å². The molecule has 6 nitrogen and oxygen atoms in total. The van der Waals surface area contributed by atoms with Crippen LogP contribution in [0.5, 0.6) is 0 Å². The molecule has 0 saturated heterocycles. The van der Waals surface area contributed by atoms with Gasteiger partial charge in [0.05, 0.1) is 21.0 Å². The molecule has 2 heterocycles. The number of hydrogen-bond acceptors (Lipinski definition) is 5. The van der Waals surface area contributed by atoms with E-state index in [9.17, 15) is 26.4 Å². The molecule has 1 N–H and O–H groups in total. The second-order valence-corrected chi connectivity index (χ2v) is 11.8. The van der Waals surface area contributed by atoms with Crippen LogP contribution in [0.3, 0.4) is 0 Å². The Bertz CT molecular complexity index is 1540. The molecular weight excluding hydrogens is 501 g/mol. The first-order chi connectivity index (χ1) is 16.2. The molecule has 184 valence electrons. The quantitative estimate of drug-likeness (QED) is 0.350. The zero-order valence-corrected chi connectivity index (χ0v) is 20.6. The Morgan fingerprint density at radius 2 is 1.77 bits per heavy atom. The number of hydrogen-bond donors (Lipinski definition) is 1. The van der Waals surface area contributed by atoms with Gasteiger partial charge < -0.3 is 5.11 Å². The number of carbonyl (C=O) groups is 1. The summed E-state index contributed by atoms with van der Waals surface area (Å²) < 4.78 is 68.6. The highest BCUT2D eigenvalue weighted by Gasteiger charge is 2.32. The van der Waals surface area contributed by atoms with Crippen molar-refractivity contribution in [1.29, 1.82) is 0 Å². The van der Waals surface area contributed by atoms with E-state index in [1.165, 1.54) is 17.5 Å². The smallest absolute Gasteiger partial charge is 0.416 e. The van der Waals surface area contributed by atoms with E-state index in [1.807, 2.05) is 26.8 Å². The molecule has 0 amide bonds. The molecule has 11 heteroatoms. The van der Waals surface area contributed by atoms with Crippen molar-refractivity contribution in [1.82, 2.24) is 8.96 Å².